The van der Waals surface area contributed by atoms with Gasteiger partial charge in [0.25, 0.3) is 0 Å². The quantitative estimate of drug-likeness (QED) is 0.239. The minimum absolute atomic E-state index is 0.151. The lowest BCUT2D eigenvalue weighted by Crippen LogP contribution is -2.35. The number of piperidine rings is 1. The lowest BCUT2D eigenvalue weighted by molar-refractivity contribution is -0.0592. The average Bonchev–Trinajstić information content (AvgIpc) is 3.58. The Bertz CT molecular complexity index is 1770. The van der Waals surface area contributed by atoms with Gasteiger partial charge in [-0.25, -0.2) is 14.8 Å². The summed E-state index contributed by atoms with van der Waals surface area (Å²) in [7, 11) is 0. The van der Waals surface area contributed by atoms with Crippen LogP contribution in [0.3, 0.4) is 0 Å². The summed E-state index contributed by atoms with van der Waals surface area (Å²) in [6.07, 6.45) is 5.23. The summed E-state index contributed by atoms with van der Waals surface area (Å²) in [4.78, 5) is 23.8. The van der Waals surface area contributed by atoms with Crippen molar-refractivity contribution < 1.29 is 19.4 Å². The highest BCUT2D eigenvalue weighted by molar-refractivity contribution is 5.92. The molecule has 0 aliphatic carbocycles. The number of likely N-dealkylation sites (tertiary alicyclic amines) is 1. The smallest absolute Gasteiger partial charge is 0.335 e. The van der Waals surface area contributed by atoms with Crippen LogP contribution < -0.4 is 4.74 Å². The van der Waals surface area contributed by atoms with Gasteiger partial charge in [-0.15, -0.1) is 0 Å². The molecule has 2 fully saturated rings. The van der Waals surface area contributed by atoms with Crippen molar-refractivity contribution in [2.45, 2.75) is 64.4 Å². The van der Waals surface area contributed by atoms with E-state index in [1.807, 2.05) is 22.9 Å². The zero-order valence-electron chi connectivity index (χ0n) is 24.4. The van der Waals surface area contributed by atoms with Crippen molar-refractivity contribution in [1.29, 1.82) is 0 Å². The summed E-state index contributed by atoms with van der Waals surface area (Å²) in [6, 6.07) is 17.5. The number of aryl methyl sites for hydroxylation is 1. The number of carboxylic acid groups (broad SMARTS) is 1. The van der Waals surface area contributed by atoms with Crippen LogP contribution in [0.1, 0.15) is 59.5 Å². The summed E-state index contributed by atoms with van der Waals surface area (Å²) >= 11 is 0. The molecule has 7 rings (SSSR count). The van der Waals surface area contributed by atoms with Gasteiger partial charge in [-0.2, -0.15) is 5.10 Å². The van der Waals surface area contributed by atoms with E-state index in [9.17, 15) is 9.90 Å². The van der Waals surface area contributed by atoms with E-state index >= 15 is 0 Å². The minimum Gasteiger partial charge on any atom is -0.478 e. The van der Waals surface area contributed by atoms with Crippen LogP contribution in [0.15, 0.2) is 60.8 Å². The number of hydrogen-bond acceptors (Lipinski definition) is 7. The molecule has 1 N–H and O–H groups in total. The molecule has 2 aliphatic rings. The van der Waals surface area contributed by atoms with Crippen LogP contribution in [0.25, 0.3) is 21.9 Å². The first-order chi connectivity index (χ1) is 21.0. The van der Waals surface area contributed by atoms with Crippen LogP contribution in [-0.2, 0) is 31.0 Å². The lowest BCUT2D eigenvalue weighted by Gasteiger charge is -2.32. The summed E-state index contributed by atoms with van der Waals surface area (Å²) in [5.74, 6) is 1.04. The number of rotatable bonds is 10. The molecular weight excluding hydrogens is 544 g/mol. The minimum atomic E-state index is -0.928. The number of aromatic carboxylic acids is 1. The second-order valence-corrected chi connectivity index (χ2v) is 11.5. The molecule has 222 valence electrons. The standard InChI is InChI=1S/C33H36N6O4/c1-2-38-18-25-7-6-22(16-29(25)36-38)21-43-32-5-3-4-27(35-32)23-10-13-37(14-11-23)20-31-34-28-9-8-24(33(40)41)17-30(28)39(31)19-26-12-15-42-26/h3-9,16-18,23,26H,2,10-15,19-21H2,1H3,(H,40,41). The summed E-state index contributed by atoms with van der Waals surface area (Å²) < 4.78 is 15.9. The van der Waals surface area contributed by atoms with Crippen molar-refractivity contribution in [1.82, 2.24) is 29.2 Å². The third kappa shape index (κ3) is 5.85. The SMILES string of the molecule is CCn1cc2ccc(COc3cccc(C4CCN(Cc5nc6ccc(C(=O)O)cc6n5CC5CCO5)CC4)n3)cc2n1. The van der Waals surface area contributed by atoms with Crippen LogP contribution in [0, 0.1) is 0 Å². The van der Waals surface area contributed by atoms with E-state index < -0.39 is 5.97 Å². The van der Waals surface area contributed by atoms with Gasteiger partial charge in [-0.1, -0.05) is 18.2 Å². The van der Waals surface area contributed by atoms with Gasteiger partial charge >= 0.3 is 5.97 Å². The highest BCUT2D eigenvalue weighted by atomic mass is 16.5. The van der Waals surface area contributed by atoms with Crippen molar-refractivity contribution >= 4 is 27.9 Å². The Balaban J connectivity index is 0.993. The molecule has 2 aliphatic heterocycles. The lowest BCUT2D eigenvalue weighted by atomic mass is 9.93. The fourth-order valence-corrected chi connectivity index (χ4v) is 6.11. The Morgan fingerprint density at radius 3 is 2.67 bits per heavy atom. The zero-order valence-corrected chi connectivity index (χ0v) is 24.4. The molecule has 43 heavy (non-hydrogen) atoms. The number of imidazole rings is 1. The number of carboxylic acids is 1. The van der Waals surface area contributed by atoms with Crippen molar-refractivity contribution in [2.75, 3.05) is 19.7 Å². The maximum atomic E-state index is 11.6. The molecule has 0 saturated carbocycles. The van der Waals surface area contributed by atoms with E-state index in [2.05, 4.69) is 52.0 Å². The highest BCUT2D eigenvalue weighted by Crippen LogP contribution is 2.30. The zero-order chi connectivity index (χ0) is 29.3. The number of nitrogens with zero attached hydrogens (tertiary/aromatic N) is 6. The Morgan fingerprint density at radius 1 is 1.05 bits per heavy atom. The van der Waals surface area contributed by atoms with Gasteiger partial charge in [-0.3, -0.25) is 9.58 Å². The molecule has 2 saturated heterocycles. The summed E-state index contributed by atoms with van der Waals surface area (Å²) in [5, 5.41) is 15.3. The predicted octanol–water partition coefficient (Wildman–Crippen LogP) is 5.25. The van der Waals surface area contributed by atoms with Crippen molar-refractivity contribution in [3.63, 3.8) is 0 Å². The molecule has 2 aromatic carbocycles. The molecule has 5 heterocycles. The van der Waals surface area contributed by atoms with Crippen LogP contribution in [-0.4, -0.2) is 66.1 Å². The van der Waals surface area contributed by atoms with Gasteiger partial charge in [0.15, 0.2) is 0 Å². The van der Waals surface area contributed by atoms with Crippen LogP contribution in [0.2, 0.25) is 0 Å². The van der Waals surface area contributed by atoms with E-state index in [0.717, 1.165) is 84.5 Å². The number of fused-ring (bicyclic) bond motifs is 2. The highest BCUT2D eigenvalue weighted by Gasteiger charge is 2.26. The van der Waals surface area contributed by atoms with E-state index in [-0.39, 0.29) is 11.7 Å². The number of carbonyl (C=O) groups is 1. The topological polar surface area (TPSA) is 108 Å². The number of pyridine rings is 1. The second kappa shape index (κ2) is 11.8. The van der Waals surface area contributed by atoms with Crippen LogP contribution in [0.5, 0.6) is 5.88 Å². The normalized spacial score (nSPS) is 17.8. The van der Waals surface area contributed by atoms with Gasteiger partial charge < -0.3 is 19.1 Å². The molecule has 0 radical (unpaired) electrons. The van der Waals surface area contributed by atoms with Gasteiger partial charge in [0.2, 0.25) is 5.88 Å². The average molecular weight is 581 g/mol. The first-order valence-corrected chi connectivity index (χ1v) is 15.1. The maximum Gasteiger partial charge on any atom is 0.335 e. The molecule has 5 aromatic rings. The second-order valence-electron chi connectivity index (χ2n) is 11.5. The Labute approximate surface area is 249 Å². The van der Waals surface area contributed by atoms with Crippen molar-refractivity contribution in [3.05, 3.63) is 83.4 Å². The summed E-state index contributed by atoms with van der Waals surface area (Å²) in [6.45, 7) is 7.44. The molecular formula is C33H36N6O4. The first-order valence-electron chi connectivity index (χ1n) is 15.1. The van der Waals surface area contributed by atoms with E-state index in [4.69, 9.17) is 19.4 Å². The van der Waals surface area contributed by atoms with Crippen molar-refractivity contribution in [2.24, 2.45) is 0 Å². The molecule has 10 nitrogen and oxygen atoms in total. The third-order valence-corrected chi connectivity index (χ3v) is 8.70. The molecule has 0 spiro atoms. The van der Waals surface area contributed by atoms with Crippen LogP contribution >= 0.6 is 0 Å². The van der Waals surface area contributed by atoms with E-state index in [1.165, 1.54) is 0 Å². The molecule has 0 bridgehead atoms. The number of aromatic nitrogens is 5. The molecule has 0 amide bonds. The van der Waals surface area contributed by atoms with Gasteiger partial charge in [0, 0.05) is 42.4 Å². The fraction of sp³-hybridized carbons (Fsp3) is 0.394. The number of ether oxygens (including phenoxy) is 2. The van der Waals surface area contributed by atoms with Crippen LogP contribution in [0.4, 0.5) is 0 Å². The Kier molecular flexibility index (Phi) is 7.54. The molecule has 10 heteroatoms. The Morgan fingerprint density at radius 2 is 1.91 bits per heavy atom. The first kappa shape index (κ1) is 27.5. The monoisotopic (exact) mass is 580 g/mol. The summed E-state index contributed by atoms with van der Waals surface area (Å²) in [5.41, 5.74) is 5.09. The van der Waals surface area contributed by atoms with Gasteiger partial charge in [0.05, 0.1) is 41.3 Å². The van der Waals surface area contributed by atoms with Gasteiger partial charge in [-0.05, 0) is 75.2 Å². The number of benzene rings is 2. The molecule has 3 aromatic heterocycles. The predicted molar refractivity (Wildman–Crippen MR) is 162 cm³/mol. The van der Waals surface area contributed by atoms with E-state index in [0.29, 0.717) is 31.5 Å². The maximum absolute atomic E-state index is 11.6. The number of hydrogen-bond donors (Lipinski definition) is 1. The molecule has 1 atom stereocenters. The third-order valence-electron chi connectivity index (χ3n) is 8.70. The van der Waals surface area contributed by atoms with Gasteiger partial charge in [0.1, 0.15) is 12.4 Å². The largest absolute Gasteiger partial charge is 0.478 e. The van der Waals surface area contributed by atoms with E-state index in [1.54, 1.807) is 12.1 Å². The van der Waals surface area contributed by atoms with Crippen molar-refractivity contribution in [3.8, 4) is 5.88 Å². The Hall–Kier alpha value is -4.28. The fourth-order valence-electron chi connectivity index (χ4n) is 6.11. The molecule has 1 unspecified atom stereocenters.